The third-order valence-corrected chi connectivity index (χ3v) is 4.92. The molecule has 6 heteroatoms. The molecular formula is C11H7Cl4NS. The van der Waals surface area contributed by atoms with E-state index in [2.05, 4.69) is 0 Å². The molecule has 0 atom stereocenters. The smallest absolute Gasteiger partial charge is 0.0694 e. The SMILES string of the molecule is NCc1ccc(-c2c(Cl)c(Cl)cc(Cl)c2Cl)s1. The van der Waals surface area contributed by atoms with Crippen LogP contribution in [0.2, 0.25) is 20.1 Å². The van der Waals surface area contributed by atoms with Crippen molar-refractivity contribution in [1.29, 1.82) is 0 Å². The van der Waals surface area contributed by atoms with Crippen molar-refractivity contribution in [3.63, 3.8) is 0 Å². The summed E-state index contributed by atoms with van der Waals surface area (Å²) in [5, 5.41) is 1.59. The van der Waals surface area contributed by atoms with Gasteiger partial charge in [0.25, 0.3) is 0 Å². The summed E-state index contributed by atoms with van der Waals surface area (Å²) in [5.41, 5.74) is 6.23. The van der Waals surface area contributed by atoms with Crippen LogP contribution in [0.25, 0.3) is 10.4 Å². The van der Waals surface area contributed by atoms with E-state index in [9.17, 15) is 0 Å². The van der Waals surface area contributed by atoms with Gasteiger partial charge in [-0.2, -0.15) is 0 Å². The summed E-state index contributed by atoms with van der Waals surface area (Å²) in [5.74, 6) is 0. The van der Waals surface area contributed by atoms with Gasteiger partial charge in [-0.3, -0.25) is 0 Å². The zero-order valence-electron chi connectivity index (χ0n) is 8.44. The van der Waals surface area contributed by atoms with Crippen LogP contribution in [0.1, 0.15) is 4.88 Å². The first-order valence-electron chi connectivity index (χ1n) is 4.66. The fourth-order valence-electron chi connectivity index (χ4n) is 1.41. The molecule has 0 radical (unpaired) electrons. The number of halogens is 4. The first-order valence-corrected chi connectivity index (χ1v) is 6.99. The van der Waals surface area contributed by atoms with Crippen LogP contribution in [0.4, 0.5) is 0 Å². The molecule has 0 aliphatic rings. The fraction of sp³-hybridized carbons (Fsp3) is 0.0909. The summed E-state index contributed by atoms with van der Waals surface area (Å²) in [6, 6.07) is 5.38. The maximum atomic E-state index is 6.16. The molecule has 0 saturated carbocycles. The summed E-state index contributed by atoms with van der Waals surface area (Å²) in [6.07, 6.45) is 0. The minimum Gasteiger partial charge on any atom is -0.326 e. The van der Waals surface area contributed by atoms with E-state index in [0.29, 0.717) is 32.2 Å². The molecule has 2 aromatic rings. The van der Waals surface area contributed by atoms with Gasteiger partial charge in [-0.25, -0.2) is 0 Å². The number of rotatable bonds is 2. The zero-order valence-corrected chi connectivity index (χ0v) is 12.3. The van der Waals surface area contributed by atoms with Crippen LogP contribution in [0, 0.1) is 0 Å². The monoisotopic (exact) mass is 325 g/mol. The summed E-state index contributed by atoms with van der Waals surface area (Å²) in [4.78, 5) is 1.95. The lowest BCUT2D eigenvalue weighted by molar-refractivity contribution is 1.11. The Labute approximate surface area is 123 Å². The normalized spacial score (nSPS) is 10.9. The van der Waals surface area contributed by atoms with Gasteiger partial charge in [0.15, 0.2) is 0 Å². The first kappa shape index (κ1) is 13.5. The lowest BCUT2D eigenvalue weighted by atomic mass is 10.2. The Balaban J connectivity index is 2.65. The molecule has 1 heterocycles. The maximum Gasteiger partial charge on any atom is 0.0694 e. The molecule has 0 unspecified atom stereocenters. The molecule has 90 valence electrons. The van der Waals surface area contributed by atoms with Crippen molar-refractivity contribution >= 4 is 57.7 Å². The molecule has 0 spiro atoms. The van der Waals surface area contributed by atoms with Gasteiger partial charge >= 0.3 is 0 Å². The predicted octanol–water partition coefficient (Wildman–Crippen LogP) is 5.49. The number of nitrogens with two attached hydrogens (primary N) is 1. The average molecular weight is 327 g/mol. The standard InChI is InChI=1S/C11H7Cl4NS/c12-6-3-7(13)11(15)9(10(6)14)8-2-1-5(4-16)17-8/h1-3H,4,16H2. The maximum absolute atomic E-state index is 6.16. The van der Waals surface area contributed by atoms with Crippen molar-refractivity contribution < 1.29 is 0 Å². The highest BCUT2D eigenvalue weighted by atomic mass is 35.5. The van der Waals surface area contributed by atoms with Gasteiger partial charge < -0.3 is 5.73 Å². The average Bonchev–Trinajstić information content (AvgIpc) is 2.75. The lowest BCUT2D eigenvalue weighted by Gasteiger charge is -2.08. The van der Waals surface area contributed by atoms with E-state index >= 15 is 0 Å². The minimum absolute atomic E-state index is 0.388. The van der Waals surface area contributed by atoms with Gasteiger partial charge in [-0.15, -0.1) is 11.3 Å². The van der Waals surface area contributed by atoms with Crippen LogP contribution >= 0.6 is 57.7 Å². The van der Waals surface area contributed by atoms with Gasteiger partial charge in [-0.05, 0) is 18.2 Å². The van der Waals surface area contributed by atoms with Crippen LogP contribution in [-0.2, 0) is 6.54 Å². The predicted molar refractivity (Wildman–Crippen MR) is 77.7 cm³/mol. The van der Waals surface area contributed by atoms with Crippen molar-refractivity contribution in [2.75, 3.05) is 0 Å². The van der Waals surface area contributed by atoms with Crippen LogP contribution in [-0.4, -0.2) is 0 Å². The Morgan fingerprint density at radius 1 is 1.00 bits per heavy atom. The van der Waals surface area contributed by atoms with Crippen LogP contribution in [0.15, 0.2) is 18.2 Å². The van der Waals surface area contributed by atoms with Crippen molar-refractivity contribution in [3.8, 4) is 10.4 Å². The van der Waals surface area contributed by atoms with Crippen LogP contribution in [0.5, 0.6) is 0 Å². The Kier molecular flexibility index (Phi) is 4.24. The molecule has 1 aromatic carbocycles. The Morgan fingerprint density at radius 2 is 1.59 bits per heavy atom. The van der Waals surface area contributed by atoms with Gasteiger partial charge in [-0.1, -0.05) is 46.4 Å². The second kappa shape index (κ2) is 5.35. The number of hydrogen-bond acceptors (Lipinski definition) is 2. The zero-order chi connectivity index (χ0) is 12.6. The van der Waals surface area contributed by atoms with Crippen LogP contribution in [0.3, 0.4) is 0 Å². The highest BCUT2D eigenvalue weighted by Crippen LogP contribution is 2.45. The Morgan fingerprint density at radius 3 is 2.06 bits per heavy atom. The summed E-state index contributed by atoms with van der Waals surface area (Å²) >= 11 is 25.8. The van der Waals surface area contributed by atoms with Crippen LogP contribution < -0.4 is 5.73 Å². The van der Waals surface area contributed by atoms with E-state index in [1.54, 1.807) is 0 Å². The quantitative estimate of drug-likeness (QED) is 0.726. The third-order valence-electron chi connectivity index (χ3n) is 2.22. The first-order chi connectivity index (χ1) is 8.04. The second-order valence-corrected chi connectivity index (χ2v) is 6.05. The molecule has 1 nitrogen and oxygen atoms in total. The van der Waals surface area contributed by atoms with E-state index < -0.39 is 0 Å². The molecule has 1 aromatic heterocycles. The second-order valence-electron chi connectivity index (χ2n) is 3.31. The summed E-state index contributed by atoms with van der Waals surface area (Å²) in [6.45, 7) is 0.480. The molecule has 17 heavy (non-hydrogen) atoms. The molecule has 0 fully saturated rings. The van der Waals surface area contributed by atoms with Gasteiger partial charge in [0.2, 0.25) is 0 Å². The molecule has 0 aliphatic carbocycles. The van der Waals surface area contributed by atoms with E-state index in [1.807, 2.05) is 12.1 Å². The topological polar surface area (TPSA) is 26.0 Å². The minimum atomic E-state index is 0.388. The molecule has 0 saturated heterocycles. The number of hydrogen-bond donors (Lipinski definition) is 1. The molecule has 0 amide bonds. The van der Waals surface area contributed by atoms with Crippen molar-refractivity contribution in [2.45, 2.75) is 6.54 Å². The highest BCUT2D eigenvalue weighted by Gasteiger charge is 2.16. The summed E-state index contributed by atoms with van der Waals surface area (Å²) in [7, 11) is 0. The Bertz CT molecular complexity index is 539. The van der Waals surface area contributed by atoms with Crippen molar-refractivity contribution in [2.24, 2.45) is 5.73 Å². The molecule has 2 rings (SSSR count). The van der Waals surface area contributed by atoms with Crippen molar-refractivity contribution in [1.82, 2.24) is 0 Å². The molecule has 2 N–H and O–H groups in total. The molecular weight excluding hydrogens is 320 g/mol. The van der Waals surface area contributed by atoms with Crippen molar-refractivity contribution in [3.05, 3.63) is 43.2 Å². The third kappa shape index (κ3) is 2.58. The number of benzene rings is 1. The lowest BCUT2D eigenvalue weighted by Crippen LogP contribution is -1.91. The van der Waals surface area contributed by atoms with E-state index in [-0.39, 0.29) is 0 Å². The van der Waals surface area contributed by atoms with E-state index in [4.69, 9.17) is 52.1 Å². The molecule has 0 aliphatic heterocycles. The van der Waals surface area contributed by atoms with Gasteiger partial charge in [0, 0.05) is 21.9 Å². The van der Waals surface area contributed by atoms with Gasteiger partial charge in [0.05, 0.1) is 20.1 Å². The van der Waals surface area contributed by atoms with Gasteiger partial charge in [0.1, 0.15) is 0 Å². The highest BCUT2D eigenvalue weighted by molar-refractivity contribution is 7.15. The fourth-order valence-corrected chi connectivity index (χ4v) is 3.48. The largest absolute Gasteiger partial charge is 0.326 e. The van der Waals surface area contributed by atoms with E-state index in [0.717, 1.165) is 9.75 Å². The summed E-state index contributed by atoms with van der Waals surface area (Å²) < 4.78 is 0. The Hall–Kier alpha value is 0.0400. The van der Waals surface area contributed by atoms with E-state index in [1.165, 1.54) is 17.4 Å². The number of thiophene rings is 1. The molecule has 0 bridgehead atoms.